The summed E-state index contributed by atoms with van der Waals surface area (Å²) in [7, 11) is -3.32. The molecule has 1 N–H and O–H groups in total. The van der Waals surface area contributed by atoms with Crippen LogP contribution in [0.3, 0.4) is 0 Å². The number of hydrogen-bond donors (Lipinski definition) is 1. The Bertz CT molecular complexity index is 372. The van der Waals surface area contributed by atoms with Crippen LogP contribution in [0.4, 0.5) is 0 Å². The van der Waals surface area contributed by atoms with Gasteiger partial charge in [0, 0.05) is 6.04 Å². The average molecular weight is 213 g/mol. The molecule has 0 radical (unpaired) electrons. The maximum atomic E-state index is 11.7. The van der Waals surface area contributed by atoms with Gasteiger partial charge in [-0.25, -0.2) is 13.1 Å². The second kappa shape index (κ2) is 4.57. The van der Waals surface area contributed by atoms with E-state index in [9.17, 15) is 8.42 Å². The van der Waals surface area contributed by atoms with Gasteiger partial charge in [0.25, 0.3) is 0 Å². The van der Waals surface area contributed by atoms with Crippen LogP contribution >= 0.6 is 0 Å². The lowest BCUT2D eigenvalue weighted by molar-refractivity contribution is 0.556. The third kappa shape index (κ3) is 2.82. The highest BCUT2D eigenvalue weighted by Gasteiger charge is 2.15. The summed E-state index contributed by atoms with van der Waals surface area (Å²) in [4.78, 5) is 0.320. The Morgan fingerprint density at radius 1 is 1.29 bits per heavy atom. The van der Waals surface area contributed by atoms with Crippen LogP contribution < -0.4 is 4.72 Å². The highest BCUT2D eigenvalue weighted by molar-refractivity contribution is 7.89. The predicted molar refractivity (Wildman–Crippen MR) is 56.5 cm³/mol. The van der Waals surface area contributed by atoms with E-state index < -0.39 is 10.0 Å². The Morgan fingerprint density at radius 2 is 1.86 bits per heavy atom. The van der Waals surface area contributed by atoms with E-state index in [1.807, 2.05) is 13.8 Å². The highest BCUT2D eigenvalue weighted by Crippen LogP contribution is 2.08. The number of nitrogens with one attached hydrogen (secondary N) is 1. The number of benzene rings is 1. The Kier molecular flexibility index (Phi) is 3.66. The fraction of sp³-hybridized carbons (Fsp3) is 0.400. The molecule has 0 aliphatic carbocycles. The summed E-state index contributed by atoms with van der Waals surface area (Å²) >= 11 is 0. The lowest BCUT2D eigenvalue weighted by Gasteiger charge is -2.11. The monoisotopic (exact) mass is 213 g/mol. The minimum absolute atomic E-state index is 0.0276. The molecule has 1 aromatic rings. The van der Waals surface area contributed by atoms with Crippen molar-refractivity contribution in [1.29, 1.82) is 0 Å². The lowest BCUT2D eigenvalue weighted by atomic mass is 10.3. The van der Waals surface area contributed by atoms with Crippen molar-refractivity contribution >= 4 is 10.0 Å². The van der Waals surface area contributed by atoms with E-state index in [1.165, 1.54) is 0 Å². The zero-order chi connectivity index (χ0) is 10.6. The summed E-state index contributed by atoms with van der Waals surface area (Å²) in [6.45, 7) is 3.79. The standard InChI is InChI=1S/C10H15NO2S/c1-3-9(2)11-14(12,13)10-7-5-4-6-8-10/h4-9,11H,3H2,1-2H3/t9-/m0/s1. The van der Waals surface area contributed by atoms with E-state index in [0.717, 1.165) is 6.42 Å². The van der Waals surface area contributed by atoms with E-state index in [4.69, 9.17) is 0 Å². The van der Waals surface area contributed by atoms with Crippen molar-refractivity contribution in [3.63, 3.8) is 0 Å². The SMILES string of the molecule is CC[C@H](C)NS(=O)(=O)c1ccccc1. The molecule has 0 heterocycles. The largest absolute Gasteiger partial charge is 0.240 e. The average Bonchev–Trinajstić information content (AvgIpc) is 2.18. The third-order valence-corrected chi connectivity index (χ3v) is 3.63. The summed E-state index contributed by atoms with van der Waals surface area (Å²) in [6.07, 6.45) is 0.784. The highest BCUT2D eigenvalue weighted by atomic mass is 32.2. The van der Waals surface area contributed by atoms with Gasteiger partial charge in [-0.15, -0.1) is 0 Å². The van der Waals surface area contributed by atoms with Gasteiger partial charge >= 0.3 is 0 Å². The minimum atomic E-state index is -3.32. The summed E-state index contributed by atoms with van der Waals surface area (Å²) in [5.74, 6) is 0. The molecule has 3 nitrogen and oxygen atoms in total. The van der Waals surface area contributed by atoms with Crippen molar-refractivity contribution < 1.29 is 8.42 Å². The van der Waals surface area contributed by atoms with Crippen LogP contribution in [0.1, 0.15) is 20.3 Å². The molecule has 0 unspecified atom stereocenters. The lowest BCUT2D eigenvalue weighted by Crippen LogP contribution is -2.31. The van der Waals surface area contributed by atoms with Crippen LogP contribution in [0.2, 0.25) is 0 Å². The molecule has 78 valence electrons. The zero-order valence-corrected chi connectivity index (χ0v) is 9.21. The van der Waals surface area contributed by atoms with E-state index in [1.54, 1.807) is 30.3 Å². The molecule has 0 saturated carbocycles. The Balaban J connectivity index is 2.87. The normalized spacial score (nSPS) is 13.9. The molecule has 1 aromatic carbocycles. The molecular weight excluding hydrogens is 198 g/mol. The van der Waals surface area contributed by atoms with Gasteiger partial charge in [0.15, 0.2) is 0 Å². The molecule has 4 heteroatoms. The van der Waals surface area contributed by atoms with Crippen molar-refractivity contribution in [2.24, 2.45) is 0 Å². The predicted octanol–water partition coefficient (Wildman–Crippen LogP) is 1.76. The van der Waals surface area contributed by atoms with Gasteiger partial charge in [-0.05, 0) is 25.5 Å². The molecule has 14 heavy (non-hydrogen) atoms. The smallest absolute Gasteiger partial charge is 0.208 e. The first-order valence-corrected chi connectivity index (χ1v) is 6.12. The van der Waals surface area contributed by atoms with Crippen molar-refractivity contribution in [3.05, 3.63) is 30.3 Å². The van der Waals surface area contributed by atoms with Gasteiger partial charge in [-0.1, -0.05) is 25.1 Å². The van der Waals surface area contributed by atoms with Crippen LogP contribution in [0.5, 0.6) is 0 Å². The zero-order valence-electron chi connectivity index (χ0n) is 8.40. The first kappa shape index (κ1) is 11.2. The van der Waals surface area contributed by atoms with Crippen molar-refractivity contribution in [2.45, 2.75) is 31.2 Å². The van der Waals surface area contributed by atoms with E-state index in [2.05, 4.69) is 4.72 Å². The van der Waals surface area contributed by atoms with Crippen LogP contribution in [-0.2, 0) is 10.0 Å². The molecule has 0 aromatic heterocycles. The first-order valence-electron chi connectivity index (χ1n) is 4.63. The van der Waals surface area contributed by atoms with Crippen LogP contribution in [0, 0.1) is 0 Å². The van der Waals surface area contributed by atoms with Crippen LogP contribution in [0.15, 0.2) is 35.2 Å². The van der Waals surface area contributed by atoms with Gasteiger partial charge in [0.1, 0.15) is 0 Å². The molecule has 0 bridgehead atoms. The minimum Gasteiger partial charge on any atom is -0.208 e. The third-order valence-electron chi connectivity index (χ3n) is 2.02. The fourth-order valence-electron chi connectivity index (χ4n) is 1.02. The second-order valence-electron chi connectivity index (χ2n) is 3.24. The molecule has 0 spiro atoms. The van der Waals surface area contributed by atoms with Gasteiger partial charge in [-0.3, -0.25) is 0 Å². The Labute approximate surface area is 85.2 Å². The summed E-state index contributed by atoms with van der Waals surface area (Å²) in [5.41, 5.74) is 0. The van der Waals surface area contributed by atoms with E-state index in [0.29, 0.717) is 4.90 Å². The van der Waals surface area contributed by atoms with Crippen molar-refractivity contribution in [1.82, 2.24) is 4.72 Å². The van der Waals surface area contributed by atoms with Crippen molar-refractivity contribution in [2.75, 3.05) is 0 Å². The second-order valence-corrected chi connectivity index (χ2v) is 4.96. The van der Waals surface area contributed by atoms with Crippen LogP contribution in [0.25, 0.3) is 0 Å². The quantitative estimate of drug-likeness (QED) is 0.828. The molecule has 0 fully saturated rings. The fourth-order valence-corrected chi connectivity index (χ4v) is 2.36. The van der Waals surface area contributed by atoms with E-state index >= 15 is 0 Å². The Morgan fingerprint density at radius 3 is 2.36 bits per heavy atom. The van der Waals surface area contributed by atoms with Gasteiger partial charge < -0.3 is 0 Å². The maximum Gasteiger partial charge on any atom is 0.240 e. The maximum absolute atomic E-state index is 11.7. The summed E-state index contributed by atoms with van der Waals surface area (Å²) in [5, 5.41) is 0. The van der Waals surface area contributed by atoms with Crippen LogP contribution in [-0.4, -0.2) is 14.5 Å². The summed E-state index contributed by atoms with van der Waals surface area (Å²) < 4.78 is 26.0. The molecule has 1 rings (SSSR count). The van der Waals surface area contributed by atoms with Gasteiger partial charge in [0.2, 0.25) is 10.0 Å². The molecule has 0 aliphatic heterocycles. The molecular formula is C10H15NO2S. The van der Waals surface area contributed by atoms with Gasteiger partial charge in [0.05, 0.1) is 4.90 Å². The molecule has 0 amide bonds. The molecule has 1 atom stereocenters. The first-order chi connectivity index (χ1) is 6.56. The number of hydrogen-bond acceptors (Lipinski definition) is 2. The molecule has 0 aliphatic rings. The number of sulfonamides is 1. The number of rotatable bonds is 4. The van der Waals surface area contributed by atoms with Crippen molar-refractivity contribution in [3.8, 4) is 0 Å². The topological polar surface area (TPSA) is 46.2 Å². The molecule has 0 saturated heterocycles. The Hall–Kier alpha value is -0.870. The summed E-state index contributed by atoms with van der Waals surface area (Å²) in [6, 6.07) is 8.37. The van der Waals surface area contributed by atoms with Gasteiger partial charge in [-0.2, -0.15) is 0 Å². The van der Waals surface area contributed by atoms with E-state index in [-0.39, 0.29) is 6.04 Å².